The molecule has 0 aliphatic rings. The van der Waals surface area contributed by atoms with Gasteiger partial charge in [-0.05, 0) is 71.7 Å². The zero-order valence-corrected chi connectivity index (χ0v) is 19.6. The lowest BCUT2D eigenvalue weighted by Crippen LogP contribution is -2.29. The summed E-state index contributed by atoms with van der Waals surface area (Å²) in [6.45, 7) is 2.94. The fraction of sp³-hybridized carbons (Fsp3) is 0.143. The molecule has 0 aliphatic heterocycles. The molecule has 3 rings (SSSR count). The fourth-order valence-corrected chi connectivity index (χ4v) is 3.88. The number of nitrogens with one attached hydrogen (secondary N) is 2. The van der Waals surface area contributed by atoms with Gasteiger partial charge in [0.1, 0.15) is 11.5 Å². The Morgan fingerprint density at radius 3 is 2.55 bits per heavy atom. The summed E-state index contributed by atoms with van der Waals surface area (Å²) >= 11 is 15.8. The van der Waals surface area contributed by atoms with Crippen molar-refractivity contribution in [2.45, 2.75) is 13.8 Å². The monoisotopic (exact) mass is 522 g/mol. The van der Waals surface area contributed by atoms with Crippen LogP contribution in [0.4, 0.5) is 5.69 Å². The molecule has 0 saturated carbocycles. The molecule has 0 aliphatic carbocycles. The summed E-state index contributed by atoms with van der Waals surface area (Å²) < 4.78 is 2.13. The number of hydrogen-bond acceptors (Lipinski definition) is 4. The number of benzene rings is 1. The molecular weight excluding hydrogens is 507 g/mol. The minimum atomic E-state index is -0.527. The number of rotatable bonds is 6. The average molecular weight is 524 g/mol. The lowest BCUT2D eigenvalue weighted by Gasteiger charge is -2.16. The number of Topliss-reactive ketones (excluding diaryl/α,β-unsaturated/α-hetero) is 1. The predicted octanol–water partition coefficient (Wildman–Crippen LogP) is 4.82. The fourth-order valence-electron chi connectivity index (χ4n) is 2.91. The highest BCUT2D eigenvalue weighted by molar-refractivity contribution is 9.10. The summed E-state index contributed by atoms with van der Waals surface area (Å²) in [5.74, 6) is -0.843. The van der Waals surface area contributed by atoms with E-state index in [1.165, 1.54) is 13.0 Å². The Bertz CT molecular complexity index is 1190. The van der Waals surface area contributed by atoms with Gasteiger partial charge in [0, 0.05) is 11.2 Å². The van der Waals surface area contributed by atoms with E-state index in [4.69, 9.17) is 23.2 Å². The number of halogens is 3. The van der Waals surface area contributed by atoms with Crippen LogP contribution in [-0.2, 0) is 4.79 Å². The van der Waals surface area contributed by atoms with Gasteiger partial charge in [-0.25, -0.2) is 4.98 Å². The minimum absolute atomic E-state index is 0.133. The van der Waals surface area contributed by atoms with E-state index in [0.717, 1.165) is 0 Å². The van der Waals surface area contributed by atoms with Crippen molar-refractivity contribution < 1.29 is 14.4 Å². The Balaban J connectivity index is 2.00. The first-order chi connectivity index (χ1) is 14.7. The molecule has 2 heterocycles. The summed E-state index contributed by atoms with van der Waals surface area (Å²) in [4.78, 5) is 41.3. The molecule has 2 amide bonds. The molecule has 160 valence electrons. The number of nitrogens with zero attached hydrogens (tertiary/aromatic N) is 2. The molecule has 31 heavy (non-hydrogen) atoms. The van der Waals surface area contributed by atoms with E-state index in [0.29, 0.717) is 26.0 Å². The summed E-state index contributed by atoms with van der Waals surface area (Å²) in [7, 11) is 0. The van der Waals surface area contributed by atoms with Gasteiger partial charge in [0.2, 0.25) is 0 Å². The standard InChI is InChI=1S/C21H17BrCl2N4O3/c1-11-8-13(23)9-14(20(30)26-10-12(2)29)18(11)27-21(31)16-5-6-17(22)28(16)19-15(24)4-3-7-25-19/h3-9H,10H2,1-2H3,(H,26,30)(H,27,31). The quantitative estimate of drug-likeness (QED) is 0.484. The van der Waals surface area contributed by atoms with E-state index in [1.807, 2.05) is 0 Å². The average Bonchev–Trinajstić information content (AvgIpc) is 3.09. The molecule has 0 radical (unpaired) electrons. The van der Waals surface area contributed by atoms with Crippen molar-refractivity contribution >= 4 is 62.4 Å². The Morgan fingerprint density at radius 1 is 1.13 bits per heavy atom. The largest absolute Gasteiger partial charge is 0.345 e. The number of anilines is 1. The van der Waals surface area contributed by atoms with Crippen LogP contribution in [0.1, 0.15) is 33.3 Å². The van der Waals surface area contributed by atoms with Crippen molar-refractivity contribution in [2.75, 3.05) is 11.9 Å². The number of aromatic nitrogens is 2. The molecule has 0 atom stereocenters. The summed E-state index contributed by atoms with van der Waals surface area (Å²) in [6, 6.07) is 9.71. The maximum atomic E-state index is 13.2. The van der Waals surface area contributed by atoms with Gasteiger partial charge in [-0.3, -0.25) is 19.0 Å². The summed E-state index contributed by atoms with van der Waals surface area (Å²) in [5.41, 5.74) is 1.26. The summed E-state index contributed by atoms with van der Waals surface area (Å²) in [5, 5.41) is 5.98. The molecule has 10 heteroatoms. The van der Waals surface area contributed by atoms with Gasteiger partial charge in [-0.1, -0.05) is 23.2 Å². The number of pyridine rings is 1. The molecule has 0 spiro atoms. The zero-order chi connectivity index (χ0) is 22.7. The minimum Gasteiger partial charge on any atom is -0.345 e. The second-order valence-electron chi connectivity index (χ2n) is 6.67. The van der Waals surface area contributed by atoms with Crippen LogP contribution < -0.4 is 10.6 Å². The van der Waals surface area contributed by atoms with Crippen LogP contribution in [0.2, 0.25) is 10.0 Å². The van der Waals surface area contributed by atoms with Crippen LogP contribution in [-0.4, -0.2) is 33.7 Å². The third kappa shape index (κ3) is 5.15. The van der Waals surface area contributed by atoms with Gasteiger partial charge < -0.3 is 10.6 Å². The van der Waals surface area contributed by atoms with Gasteiger partial charge in [0.25, 0.3) is 11.8 Å². The first kappa shape index (κ1) is 23.0. The molecule has 0 fully saturated rings. The topological polar surface area (TPSA) is 93.1 Å². The van der Waals surface area contributed by atoms with Crippen LogP contribution in [0.25, 0.3) is 5.82 Å². The molecular formula is C21H17BrCl2N4O3. The maximum absolute atomic E-state index is 13.2. The molecule has 1 aromatic carbocycles. The highest BCUT2D eigenvalue weighted by Gasteiger charge is 2.22. The van der Waals surface area contributed by atoms with Gasteiger partial charge in [0.05, 0.1) is 27.4 Å². The smallest absolute Gasteiger partial charge is 0.272 e. The van der Waals surface area contributed by atoms with E-state index < -0.39 is 11.8 Å². The zero-order valence-electron chi connectivity index (χ0n) is 16.5. The lowest BCUT2D eigenvalue weighted by atomic mass is 10.1. The molecule has 2 N–H and O–H groups in total. The van der Waals surface area contributed by atoms with E-state index in [1.54, 1.807) is 48.0 Å². The molecule has 2 aromatic heterocycles. The third-order valence-electron chi connectivity index (χ3n) is 4.30. The second-order valence-corrected chi connectivity index (χ2v) is 8.33. The van der Waals surface area contributed by atoms with Gasteiger partial charge in [-0.15, -0.1) is 0 Å². The lowest BCUT2D eigenvalue weighted by molar-refractivity contribution is -0.116. The number of amides is 2. The van der Waals surface area contributed by atoms with Crippen molar-refractivity contribution in [2.24, 2.45) is 0 Å². The maximum Gasteiger partial charge on any atom is 0.272 e. The highest BCUT2D eigenvalue weighted by atomic mass is 79.9. The molecule has 7 nitrogen and oxygen atoms in total. The van der Waals surface area contributed by atoms with E-state index >= 15 is 0 Å². The predicted molar refractivity (Wildman–Crippen MR) is 123 cm³/mol. The van der Waals surface area contributed by atoms with E-state index in [-0.39, 0.29) is 29.3 Å². The normalized spacial score (nSPS) is 10.6. The molecule has 0 unspecified atom stereocenters. The molecule has 0 saturated heterocycles. The van der Waals surface area contributed by atoms with Crippen LogP contribution in [0.5, 0.6) is 0 Å². The van der Waals surface area contributed by atoms with Crippen molar-refractivity contribution in [3.8, 4) is 5.82 Å². The first-order valence-corrected chi connectivity index (χ1v) is 10.6. The van der Waals surface area contributed by atoms with E-state index in [9.17, 15) is 14.4 Å². The van der Waals surface area contributed by atoms with Crippen LogP contribution in [0.3, 0.4) is 0 Å². The summed E-state index contributed by atoms with van der Waals surface area (Å²) in [6.07, 6.45) is 1.57. The van der Waals surface area contributed by atoms with Crippen LogP contribution in [0, 0.1) is 6.92 Å². The van der Waals surface area contributed by atoms with E-state index in [2.05, 4.69) is 31.5 Å². The van der Waals surface area contributed by atoms with Gasteiger partial charge >= 0.3 is 0 Å². The van der Waals surface area contributed by atoms with Gasteiger partial charge in [-0.2, -0.15) is 0 Å². The van der Waals surface area contributed by atoms with Crippen LogP contribution in [0.15, 0.2) is 47.2 Å². The Hall–Kier alpha value is -2.68. The Labute approximate surface area is 196 Å². The Kier molecular flexibility index (Phi) is 7.15. The van der Waals surface area contributed by atoms with Gasteiger partial charge in [0.15, 0.2) is 5.82 Å². The third-order valence-corrected chi connectivity index (χ3v) is 5.43. The van der Waals surface area contributed by atoms with Crippen molar-refractivity contribution in [1.29, 1.82) is 0 Å². The second kappa shape index (κ2) is 9.64. The highest BCUT2D eigenvalue weighted by Crippen LogP contribution is 2.29. The van der Waals surface area contributed by atoms with Crippen molar-refractivity contribution in [3.63, 3.8) is 0 Å². The number of carbonyl (C=O) groups is 3. The number of hydrogen-bond donors (Lipinski definition) is 2. The molecule has 0 bridgehead atoms. The SMILES string of the molecule is CC(=O)CNC(=O)c1cc(Cl)cc(C)c1NC(=O)c1ccc(Br)n1-c1ncccc1Cl. The van der Waals surface area contributed by atoms with Crippen molar-refractivity contribution in [1.82, 2.24) is 14.9 Å². The Morgan fingerprint density at radius 2 is 1.87 bits per heavy atom. The number of carbonyl (C=O) groups excluding carboxylic acids is 3. The van der Waals surface area contributed by atoms with Crippen molar-refractivity contribution in [3.05, 3.63) is 74.1 Å². The van der Waals surface area contributed by atoms with Crippen LogP contribution >= 0.6 is 39.1 Å². The first-order valence-electron chi connectivity index (χ1n) is 9.06. The number of ketones is 1. The number of aryl methyl sites for hydroxylation is 1. The molecule has 3 aromatic rings.